The molecular weight excluding hydrogens is 563 g/mol. The van der Waals surface area contributed by atoms with Crippen LogP contribution in [-0.4, -0.2) is 21.7 Å². The Bertz CT molecular complexity index is 1690. The molecule has 8 nitrogen and oxygen atoms in total. The Hall–Kier alpha value is -4.87. The maximum atomic E-state index is 13.5. The zero-order valence-corrected chi connectivity index (χ0v) is 22.8. The lowest BCUT2D eigenvalue weighted by molar-refractivity contribution is -0.384. The molecule has 1 unspecified atom stereocenters. The monoisotopic (exact) mass is 584 g/mol. The van der Waals surface area contributed by atoms with Crippen molar-refractivity contribution in [2.75, 3.05) is 10.6 Å². The number of non-ortho nitro benzene ring substituents is 1. The van der Waals surface area contributed by atoms with Crippen molar-refractivity contribution in [2.45, 2.75) is 10.1 Å². The van der Waals surface area contributed by atoms with Gasteiger partial charge in [-0.05, 0) is 60.2 Å². The summed E-state index contributed by atoms with van der Waals surface area (Å²) in [5.41, 5.74) is 2.84. The Morgan fingerprint density at radius 3 is 2.34 bits per heavy atom. The average molecular weight is 585 g/mol. The van der Waals surface area contributed by atoms with Gasteiger partial charge < -0.3 is 10.6 Å². The number of nitro groups is 1. The standard InChI is InChI=1S/C30H21FN4O4S2/c31-22-13-9-19(10-14-22)26-18-40-30(33-26)34-29(37)27(20-5-2-1-3-6-20)41-25-8-4-7-23(17-25)32-28(36)21-11-15-24(16-12-21)35(38)39/h1-18,27H,(H,32,36)(H,33,34,37). The van der Waals surface area contributed by atoms with Crippen LogP contribution in [0.15, 0.2) is 113 Å². The van der Waals surface area contributed by atoms with Crippen LogP contribution in [0.4, 0.5) is 20.9 Å². The minimum absolute atomic E-state index is 0.102. The average Bonchev–Trinajstić information content (AvgIpc) is 3.45. The number of thiazole rings is 1. The molecule has 2 N–H and O–H groups in total. The summed E-state index contributed by atoms with van der Waals surface area (Å²) in [6.45, 7) is 0. The number of rotatable bonds is 9. The number of hydrogen-bond acceptors (Lipinski definition) is 7. The maximum Gasteiger partial charge on any atom is 0.269 e. The van der Waals surface area contributed by atoms with Crippen LogP contribution < -0.4 is 10.6 Å². The quantitative estimate of drug-likeness (QED) is 0.105. The van der Waals surface area contributed by atoms with Crippen molar-refractivity contribution in [3.63, 3.8) is 0 Å². The zero-order chi connectivity index (χ0) is 28.8. The Morgan fingerprint density at radius 2 is 1.63 bits per heavy atom. The highest BCUT2D eigenvalue weighted by Crippen LogP contribution is 2.38. The summed E-state index contributed by atoms with van der Waals surface area (Å²) in [5, 5.41) is 18.2. The molecule has 204 valence electrons. The van der Waals surface area contributed by atoms with Crippen LogP contribution in [0, 0.1) is 15.9 Å². The van der Waals surface area contributed by atoms with E-state index in [4.69, 9.17) is 0 Å². The number of carbonyl (C=O) groups excluding carboxylic acids is 2. The van der Waals surface area contributed by atoms with Gasteiger partial charge in [0, 0.05) is 39.2 Å². The van der Waals surface area contributed by atoms with E-state index in [0.717, 1.165) is 16.0 Å². The molecule has 11 heteroatoms. The number of aromatic nitrogens is 1. The highest BCUT2D eigenvalue weighted by Gasteiger charge is 2.23. The molecule has 0 saturated carbocycles. The van der Waals surface area contributed by atoms with E-state index in [2.05, 4.69) is 15.6 Å². The maximum absolute atomic E-state index is 13.5. The van der Waals surface area contributed by atoms with Gasteiger partial charge in [-0.25, -0.2) is 9.37 Å². The predicted molar refractivity (Wildman–Crippen MR) is 159 cm³/mol. The van der Waals surface area contributed by atoms with E-state index < -0.39 is 16.1 Å². The third kappa shape index (κ3) is 7.02. The van der Waals surface area contributed by atoms with E-state index in [1.54, 1.807) is 35.7 Å². The number of nitro benzene ring substituents is 1. The molecule has 2 amide bonds. The van der Waals surface area contributed by atoms with Gasteiger partial charge in [0.25, 0.3) is 11.6 Å². The molecule has 5 rings (SSSR count). The number of anilines is 2. The summed E-state index contributed by atoms with van der Waals surface area (Å²) in [6, 6.07) is 27.7. The number of nitrogens with one attached hydrogen (secondary N) is 2. The van der Waals surface area contributed by atoms with E-state index in [1.165, 1.54) is 59.5 Å². The van der Waals surface area contributed by atoms with Crippen molar-refractivity contribution >= 4 is 51.4 Å². The smallest absolute Gasteiger partial charge is 0.269 e. The molecule has 5 aromatic rings. The predicted octanol–water partition coefficient (Wildman–Crippen LogP) is 7.58. The van der Waals surface area contributed by atoms with E-state index >= 15 is 0 Å². The van der Waals surface area contributed by atoms with Crippen molar-refractivity contribution in [3.05, 3.63) is 136 Å². The Balaban J connectivity index is 1.32. The number of benzene rings is 4. The van der Waals surface area contributed by atoms with Crippen LogP contribution in [0.25, 0.3) is 11.3 Å². The third-order valence-electron chi connectivity index (χ3n) is 5.90. The highest BCUT2D eigenvalue weighted by atomic mass is 32.2. The fourth-order valence-corrected chi connectivity index (χ4v) is 5.68. The molecule has 1 heterocycles. The van der Waals surface area contributed by atoms with Crippen LogP contribution in [0.3, 0.4) is 0 Å². The Kier molecular flexibility index (Phi) is 8.47. The van der Waals surface area contributed by atoms with Crippen LogP contribution >= 0.6 is 23.1 Å². The van der Waals surface area contributed by atoms with E-state index in [0.29, 0.717) is 16.5 Å². The molecule has 0 radical (unpaired) electrons. The molecule has 1 atom stereocenters. The fraction of sp³-hybridized carbons (Fsp3) is 0.0333. The summed E-state index contributed by atoms with van der Waals surface area (Å²) in [5.74, 6) is -1.03. The second-order valence-corrected chi connectivity index (χ2v) is 10.8. The highest BCUT2D eigenvalue weighted by molar-refractivity contribution is 8.00. The molecule has 0 aliphatic carbocycles. The minimum Gasteiger partial charge on any atom is -0.322 e. The topological polar surface area (TPSA) is 114 Å². The molecule has 0 saturated heterocycles. The van der Waals surface area contributed by atoms with Gasteiger partial charge in [-0.15, -0.1) is 23.1 Å². The molecule has 0 aliphatic heterocycles. The van der Waals surface area contributed by atoms with Gasteiger partial charge in [0.05, 0.1) is 10.6 Å². The van der Waals surface area contributed by atoms with Crippen LogP contribution in [0.1, 0.15) is 21.2 Å². The normalized spacial score (nSPS) is 11.4. The van der Waals surface area contributed by atoms with Crippen molar-refractivity contribution < 1.29 is 18.9 Å². The molecular formula is C30H21FN4O4S2. The SMILES string of the molecule is O=C(Nc1cccc(SC(C(=O)Nc2nc(-c3ccc(F)cc3)cs2)c2ccccc2)c1)c1ccc([N+](=O)[O-])cc1. The van der Waals surface area contributed by atoms with Crippen molar-refractivity contribution in [1.82, 2.24) is 4.98 Å². The summed E-state index contributed by atoms with van der Waals surface area (Å²) in [7, 11) is 0. The van der Waals surface area contributed by atoms with Gasteiger partial charge in [0.15, 0.2) is 5.13 Å². The Morgan fingerprint density at radius 1 is 0.902 bits per heavy atom. The number of thioether (sulfide) groups is 1. The first-order valence-electron chi connectivity index (χ1n) is 12.3. The summed E-state index contributed by atoms with van der Waals surface area (Å²) < 4.78 is 13.3. The van der Waals surface area contributed by atoms with Gasteiger partial charge in [-0.1, -0.05) is 36.4 Å². The number of nitrogens with zero attached hydrogens (tertiary/aromatic N) is 2. The summed E-state index contributed by atoms with van der Waals surface area (Å²) in [4.78, 5) is 41.8. The van der Waals surface area contributed by atoms with Crippen molar-refractivity contribution in [2.24, 2.45) is 0 Å². The van der Waals surface area contributed by atoms with E-state index in [-0.39, 0.29) is 23.0 Å². The lowest BCUT2D eigenvalue weighted by atomic mass is 10.1. The zero-order valence-electron chi connectivity index (χ0n) is 21.2. The summed E-state index contributed by atoms with van der Waals surface area (Å²) >= 11 is 2.59. The minimum atomic E-state index is -0.630. The van der Waals surface area contributed by atoms with Gasteiger partial charge in [-0.2, -0.15) is 0 Å². The van der Waals surface area contributed by atoms with Crippen molar-refractivity contribution in [1.29, 1.82) is 0 Å². The largest absolute Gasteiger partial charge is 0.322 e. The second kappa shape index (κ2) is 12.5. The molecule has 0 fully saturated rings. The number of amides is 2. The second-order valence-electron chi connectivity index (χ2n) is 8.73. The molecule has 1 aromatic heterocycles. The Labute approximate surface area is 242 Å². The van der Waals surface area contributed by atoms with E-state index in [1.807, 2.05) is 36.4 Å². The molecule has 0 aliphatic rings. The lowest BCUT2D eigenvalue weighted by Crippen LogP contribution is -2.19. The number of halogens is 1. The van der Waals surface area contributed by atoms with Crippen LogP contribution in [0.2, 0.25) is 0 Å². The lowest BCUT2D eigenvalue weighted by Gasteiger charge is -2.17. The third-order valence-corrected chi connectivity index (χ3v) is 7.91. The molecule has 4 aromatic carbocycles. The van der Waals surface area contributed by atoms with Gasteiger partial charge >= 0.3 is 0 Å². The summed E-state index contributed by atoms with van der Waals surface area (Å²) in [6.07, 6.45) is 0. The van der Waals surface area contributed by atoms with Gasteiger partial charge in [-0.3, -0.25) is 19.7 Å². The van der Waals surface area contributed by atoms with Gasteiger partial charge in [0.2, 0.25) is 5.91 Å². The molecule has 0 bridgehead atoms. The van der Waals surface area contributed by atoms with Gasteiger partial charge in [0.1, 0.15) is 11.1 Å². The molecule has 0 spiro atoms. The number of carbonyl (C=O) groups is 2. The molecule has 41 heavy (non-hydrogen) atoms. The number of hydrogen-bond donors (Lipinski definition) is 2. The fourth-order valence-electron chi connectivity index (χ4n) is 3.88. The first-order valence-corrected chi connectivity index (χ1v) is 14.0. The van der Waals surface area contributed by atoms with Crippen molar-refractivity contribution in [3.8, 4) is 11.3 Å². The first kappa shape index (κ1) is 27.7. The van der Waals surface area contributed by atoms with Crippen LogP contribution in [0.5, 0.6) is 0 Å². The first-order chi connectivity index (χ1) is 19.9. The van der Waals surface area contributed by atoms with Crippen LogP contribution in [-0.2, 0) is 4.79 Å². The van der Waals surface area contributed by atoms with E-state index in [9.17, 15) is 24.1 Å².